The molecule has 12 aromatic carbocycles. The molecule has 0 amide bonds. The standard InChI is InChI=1S/C88H66N8S8.Pb/c1-49-9-25-57(26-10-49)97-65-41-42-66(98-58-27-11-50(2)12-28-58)74-73(65)81-89-82(74)94-84-77-69(101-61-33-17-53(5)18-34-61)45-46-70(102-62-35-19-54(6)20-36-62)78(77)86(91-84)96-88-80-72(104-64-39-23-56(8)24-40-64)48-47-71(103-63-37-21-55(7)22-38-63)79(80)87(92-88)95-85-76-68(100-60-31-15-52(4)16-32-60)44-43-67(75(76)83(90-85)93-81)99-59-29-13-51(3)14-30-59;/h9-48,81,93H,1-8H3;/q-2;+2. The van der Waals surface area contributed by atoms with Gasteiger partial charge in [0, 0.05) is 0 Å². The number of benzene rings is 12. The van der Waals surface area contributed by atoms with Crippen LogP contribution in [-0.4, -0.2) is 47.1 Å². The molecule has 2 aromatic heterocycles. The maximum absolute atomic E-state index is 6.31. The molecule has 0 saturated carbocycles. The van der Waals surface area contributed by atoms with Gasteiger partial charge in [0.1, 0.15) is 0 Å². The van der Waals surface area contributed by atoms with Crippen LogP contribution in [0.5, 0.6) is 0 Å². The summed E-state index contributed by atoms with van der Waals surface area (Å²) in [5.74, 6) is 3.70. The Morgan fingerprint density at radius 3 is 0.905 bits per heavy atom. The van der Waals surface area contributed by atoms with E-state index in [4.69, 9.17) is 25.0 Å². The van der Waals surface area contributed by atoms with Gasteiger partial charge in [-0.25, -0.2) is 0 Å². The molecule has 4 aliphatic rings. The first-order valence-electron chi connectivity index (χ1n) is 34.7. The first-order valence-corrected chi connectivity index (χ1v) is 44.7. The van der Waals surface area contributed by atoms with Crippen LogP contribution in [0.2, 0.25) is 0 Å². The van der Waals surface area contributed by atoms with Crippen molar-refractivity contribution in [1.82, 2.24) is 4.75 Å². The molecule has 4 aliphatic heterocycles. The number of anilines is 1. The molecular weight excluding hydrogens is 1630 g/mol. The van der Waals surface area contributed by atoms with E-state index in [1.807, 2.05) is 0 Å². The van der Waals surface area contributed by atoms with Crippen LogP contribution in [0.25, 0.3) is 21.5 Å². The van der Waals surface area contributed by atoms with Crippen LogP contribution in [0.15, 0.2) is 346 Å². The predicted molar refractivity (Wildman–Crippen MR) is 444 cm³/mol. The molecule has 8 nitrogen and oxygen atoms in total. The van der Waals surface area contributed by atoms with Crippen molar-refractivity contribution >= 4 is 170 Å². The second kappa shape index (κ2) is 28.9. The van der Waals surface area contributed by atoms with Crippen LogP contribution in [0.1, 0.15) is 72.9 Å². The number of hydrogen-bond acceptors (Lipinski definition) is 14. The third kappa shape index (κ3) is 13.7. The Morgan fingerprint density at radius 1 is 0.267 bits per heavy atom. The molecule has 510 valence electrons. The second-order valence-electron chi connectivity index (χ2n) is 26.8. The number of hydrogen-bond donors (Lipinski definition) is 1. The average Bonchev–Trinajstić information content (AvgIpc) is 1.55. The Kier molecular flexibility index (Phi) is 18.9. The predicted octanol–water partition coefficient (Wildman–Crippen LogP) is 24.2. The molecule has 17 heteroatoms. The van der Waals surface area contributed by atoms with Gasteiger partial charge in [-0.05, 0) is 0 Å². The first kappa shape index (κ1) is 68.6. The third-order valence-electron chi connectivity index (χ3n) is 18.8. The van der Waals surface area contributed by atoms with Crippen LogP contribution < -0.4 is 16.3 Å². The molecule has 2 radical (unpaired) electrons. The Balaban J connectivity index is 1.02. The molecule has 0 spiro atoms. The first-order chi connectivity index (χ1) is 51.2. The van der Waals surface area contributed by atoms with E-state index >= 15 is 0 Å². The van der Waals surface area contributed by atoms with Crippen LogP contribution >= 0.6 is 94.1 Å². The number of nitrogens with one attached hydrogen (secondary N) is 1. The minimum absolute atomic E-state index is 0.605. The van der Waals surface area contributed by atoms with E-state index in [1.54, 1.807) is 94.1 Å². The van der Waals surface area contributed by atoms with Gasteiger partial charge in [-0.2, -0.15) is 0 Å². The Morgan fingerprint density at radius 2 is 0.543 bits per heavy atom. The summed E-state index contributed by atoms with van der Waals surface area (Å²) < 4.78 is 5.20. The zero-order valence-corrected chi connectivity index (χ0v) is 69.0. The SMILES string of the molecule is Cc1ccc(Sc2ccc(Sc3ccc(C)cc3)c3c2C2=NC3=Nc3c4c(Sc5ccc(C)cc5)ccc(Sc5ccc(C)cc5)c4c4[n]3[Pb][n]3c(c5c(Sc6ccc(C)cc6)ccc(Sc6ccc(C)cc6)c5c3=NC3=NC(N4)c4c(Sc5ccc(C)cc5)ccc(Sc5ccc(C)cc5)c43)=N2)cc1. The molecule has 1 atom stereocenters. The van der Waals surface area contributed by atoms with Crippen molar-refractivity contribution in [3.05, 3.63) is 320 Å². The van der Waals surface area contributed by atoms with Crippen molar-refractivity contribution in [3.63, 3.8) is 0 Å². The molecule has 18 rings (SSSR count). The van der Waals surface area contributed by atoms with E-state index < -0.39 is 31.0 Å². The molecule has 1 N–H and O–H groups in total. The number of rotatable bonds is 16. The number of aromatic nitrogens is 2. The molecule has 1 unspecified atom stereocenters. The van der Waals surface area contributed by atoms with Crippen molar-refractivity contribution in [2.24, 2.45) is 25.0 Å². The molecule has 0 fully saturated rings. The van der Waals surface area contributed by atoms with Crippen molar-refractivity contribution in [2.45, 2.75) is 140 Å². The van der Waals surface area contributed by atoms with E-state index in [1.165, 1.54) is 44.5 Å². The summed E-state index contributed by atoms with van der Waals surface area (Å²) in [6, 6.07) is 89.8. The number of amidine groups is 3. The number of nitrogens with zero attached hydrogens (tertiary/aromatic N) is 7. The fraction of sp³-hybridized carbons (Fsp3) is 0.102. The van der Waals surface area contributed by atoms with Gasteiger partial charge in [0.15, 0.2) is 0 Å². The van der Waals surface area contributed by atoms with Crippen molar-refractivity contribution in [1.29, 1.82) is 0 Å². The maximum atomic E-state index is 6.31. The van der Waals surface area contributed by atoms with E-state index in [-0.39, 0.29) is 0 Å². The summed E-state index contributed by atoms with van der Waals surface area (Å²) in [5.41, 5.74) is 15.3. The third-order valence-corrected chi connectivity index (χ3v) is 32.3. The number of aryl methyl sites for hydroxylation is 8. The van der Waals surface area contributed by atoms with Crippen molar-refractivity contribution in [2.75, 3.05) is 5.32 Å². The quantitative estimate of drug-likeness (QED) is 0.0951. The van der Waals surface area contributed by atoms with Crippen LogP contribution in [0, 0.1) is 55.4 Å². The van der Waals surface area contributed by atoms with E-state index in [0.717, 1.165) is 145 Å². The molecule has 105 heavy (non-hydrogen) atoms. The Bertz CT molecular complexity index is 6070. The molecule has 6 bridgehead atoms. The molecule has 0 aliphatic carbocycles. The molecule has 0 saturated heterocycles. The van der Waals surface area contributed by atoms with Gasteiger partial charge < -0.3 is 0 Å². The molecule has 6 heterocycles. The molecule has 14 aromatic rings. The second-order valence-corrected chi connectivity index (χ2v) is 40.0. The Labute approximate surface area is 658 Å². The fourth-order valence-corrected chi connectivity index (χ4v) is 25.9. The zero-order chi connectivity index (χ0) is 71.1. The monoisotopic (exact) mass is 1700 g/mol. The van der Waals surface area contributed by atoms with Crippen LogP contribution in [0.4, 0.5) is 11.6 Å². The molecular formula is C88H66N8PbS8. The van der Waals surface area contributed by atoms with E-state index in [0.29, 0.717) is 17.5 Å². The summed E-state index contributed by atoms with van der Waals surface area (Å²) >= 11 is 11.4. The number of aliphatic imine (C=N–C) groups is 3. The summed E-state index contributed by atoms with van der Waals surface area (Å²) in [5, 5.41) is 8.59. The van der Waals surface area contributed by atoms with Gasteiger partial charge in [0.25, 0.3) is 0 Å². The topological polar surface area (TPSA) is 83.7 Å². The van der Waals surface area contributed by atoms with E-state index in [2.05, 4.69) is 308 Å². The average molecular weight is 1700 g/mol. The Hall–Kier alpha value is -8.15. The van der Waals surface area contributed by atoms with Gasteiger partial charge in [-0.15, -0.1) is 0 Å². The van der Waals surface area contributed by atoms with Gasteiger partial charge in [0.05, 0.1) is 0 Å². The van der Waals surface area contributed by atoms with Crippen LogP contribution in [-0.2, 0) is 0 Å². The van der Waals surface area contributed by atoms with Crippen molar-refractivity contribution in [3.8, 4) is 0 Å². The fourth-order valence-electron chi connectivity index (χ4n) is 13.3. The minimum atomic E-state index is -2.86. The normalized spacial score (nSPS) is 13.9. The van der Waals surface area contributed by atoms with Crippen molar-refractivity contribution < 1.29 is 0 Å². The summed E-state index contributed by atoms with van der Waals surface area (Å²) in [6.45, 7) is 17.2. The zero-order valence-electron chi connectivity index (χ0n) is 58.6. The summed E-state index contributed by atoms with van der Waals surface area (Å²) in [4.78, 5) is 48.6. The van der Waals surface area contributed by atoms with E-state index in [9.17, 15) is 0 Å². The van der Waals surface area contributed by atoms with Gasteiger partial charge >= 0.3 is 665 Å². The summed E-state index contributed by atoms with van der Waals surface area (Å²) in [6.07, 6.45) is -0.605. The summed E-state index contributed by atoms with van der Waals surface area (Å²) in [7, 11) is 0. The van der Waals surface area contributed by atoms with Gasteiger partial charge in [-0.1, -0.05) is 0 Å². The van der Waals surface area contributed by atoms with Crippen LogP contribution in [0.3, 0.4) is 0 Å². The number of fused-ring (bicyclic) bond motifs is 14. The van der Waals surface area contributed by atoms with Gasteiger partial charge in [0.2, 0.25) is 0 Å². The van der Waals surface area contributed by atoms with Gasteiger partial charge in [-0.3, -0.25) is 0 Å².